The molecule has 2 heteroatoms. The van der Waals surface area contributed by atoms with E-state index in [0.29, 0.717) is 29.8 Å². The molecule has 2 nitrogen and oxygen atoms in total. The van der Waals surface area contributed by atoms with Gasteiger partial charge in [0.15, 0.2) is 5.78 Å². The van der Waals surface area contributed by atoms with Crippen LogP contribution in [0.3, 0.4) is 0 Å². The highest BCUT2D eigenvalue weighted by atomic mass is 16.1. The first-order valence-electron chi connectivity index (χ1n) is 8.81. The van der Waals surface area contributed by atoms with E-state index in [0.717, 1.165) is 19.3 Å². The van der Waals surface area contributed by atoms with Gasteiger partial charge in [0.1, 0.15) is 5.78 Å². The van der Waals surface area contributed by atoms with Crippen LogP contribution in [0.5, 0.6) is 0 Å². The van der Waals surface area contributed by atoms with Crippen LogP contribution in [0.4, 0.5) is 0 Å². The fraction of sp³-hybridized carbons (Fsp3) is 0.700. The van der Waals surface area contributed by atoms with Crippen LogP contribution in [0.15, 0.2) is 23.3 Å². The van der Waals surface area contributed by atoms with E-state index in [1.54, 1.807) is 12.5 Å². The van der Waals surface area contributed by atoms with Crippen LogP contribution in [0, 0.1) is 28.6 Å². The SMILES string of the molecule is CC(=O)[C@H]1CC=C2[C@H]3CCC4=CC(=O)C[C@@]4(C)[C@@H]3CC[C@]21C. The third-order valence-electron chi connectivity index (χ3n) is 7.51. The second kappa shape index (κ2) is 4.43. The van der Waals surface area contributed by atoms with Crippen LogP contribution >= 0.6 is 0 Å². The molecular formula is C20H26O2. The van der Waals surface area contributed by atoms with Gasteiger partial charge in [-0.15, -0.1) is 0 Å². The Labute approximate surface area is 133 Å². The number of hydrogen-bond donors (Lipinski definition) is 0. The first-order chi connectivity index (χ1) is 10.4. The molecule has 0 heterocycles. The van der Waals surface area contributed by atoms with Crippen LogP contribution < -0.4 is 0 Å². The van der Waals surface area contributed by atoms with Crippen molar-refractivity contribution < 1.29 is 9.59 Å². The Kier molecular flexibility index (Phi) is 2.90. The Morgan fingerprint density at radius 1 is 1.23 bits per heavy atom. The van der Waals surface area contributed by atoms with Crippen molar-refractivity contribution in [1.29, 1.82) is 0 Å². The molecule has 5 atom stereocenters. The summed E-state index contributed by atoms with van der Waals surface area (Å²) in [6.45, 7) is 6.40. The van der Waals surface area contributed by atoms with Crippen molar-refractivity contribution in [3.05, 3.63) is 23.3 Å². The molecule has 0 aromatic rings. The first kappa shape index (κ1) is 14.4. The van der Waals surface area contributed by atoms with Crippen molar-refractivity contribution in [2.75, 3.05) is 0 Å². The number of carbonyl (C=O) groups is 2. The summed E-state index contributed by atoms with van der Waals surface area (Å²) >= 11 is 0. The molecule has 2 saturated carbocycles. The van der Waals surface area contributed by atoms with Crippen LogP contribution in [0.25, 0.3) is 0 Å². The zero-order chi connectivity index (χ0) is 15.7. The molecule has 0 bridgehead atoms. The summed E-state index contributed by atoms with van der Waals surface area (Å²) in [4.78, 5) is 24.1. The first-order valence-corrected chi connectivity index (χ1v) is 8.81. The number of rotatable bonds is 1. The Morgan fingerprint density at radius 3 is 2.73 bits per heavy atom. The average molecular weight is 298 g/mol. The molecule has 118 valence electrons. The fourth-order valence-electron chi connectivity index (χ4n) is 6.36. The minimum absolute atomic E-state index is 0.0905. The lowest BCUT2D eigenvalue weighted by Crippen LogP contribution is -2.46. The number of ketones is 2. The minimum Gasteiger partial charge on any atom is -0.300 e. The maximum Gasteiger partial charge on any atom is 0.156 e. The van der Waals surface area contributed by atoms with Gasteiger partial charge in [-0.2, -0.15) is 0 Å². The average Bonchev–Trinajstić information content (AvgIpc) is 2.93. The van der Waals surface area contributed by atoms with E-state index in [9.17, 15) is 9.59 Å². The smallest absolute Gasteiger partial charge is 0.156 e. The van der Waals surface area contributed by atoms with Crippen molar-refractivity contribution in [2.45, 2.75) is 59.3 Å². The third-order valence-corrected chi connectivity index (χ3v) is 7.51. The predicted molar refractivity (Wildman–Crippen MR) is 86.2 cm³/mol. The lowest BCUT2D eigenvalue weighted by Gasteiger charge is -2.54. The van der Waals surface area contributed by atoms with Gasteiger partial charge in [-0.1, -0.05) is 31.1 Å². The molecule has 0 spiro atoms. The number of carbonyl (C=O) groups excluding carboxylic acids is 2. The maximum atomic E-state index is 12.1. The van der Waals surface area contributed by atoms with Crippen molar-refractivity contribution in [3.8, 4) is 0 Å². The van der Waals surface area contributed by atoms with Crippen LogP contribution in [-0.2, 0) is 9.59 Å². The minimum atomic E-state index is 0.0905. The van der Waals surface area contributed by atoms with Gasteiger partial charge in [0, 0.05) is 12.3 Å². The quantitative estimate of drug-likeness (QED) is 0.678. The lowest BCUT2D eigenvalue weighted by atomic mass is 9.50. The van der Waals surface area contributed by atoms with Crippen molar-refractivity contribution in [1.82, 2.24) is 0 Å². The molecular weight excluding hydrogens is 272 g/mol. The van der Waals surface area contributed by atoms with Gasteiger partial charge in [0.2, 0.25) is 0 Å². The number of hydrogen-bond acceptors (Lipinski definition) is 2. The van der Waals surface area contributed by atoms with Crippen LogP contribution in [0.1, 0.15) is 59.3 Å². The van der Waals surface area contributed by atoms with E-state index in [1.807, 2.05) is 6.08 Å². The van der Waals surface area contributed by atoms with Gasteiger partial charge in [-0.05, 0) is 67.8 Å². The van der Waals surface area contributed by atoms with Crippen LogP contribution in [-0.4, -0.2) is 11.6 Å². The highest BCUT2D eigenvalue weighted by Gasteiger charge is 2.57. The van der Waals surface area contributed by atoms with E-state index in [1.165, 1.54) is 18.4 Å². The molecule has 4 rings (SSSR count). The third kappa shape index (κ3) is 1.67. The summed E-state index contributed by atoms with van der Waals surface area (Å²) in [7, 11) is 0. The molecule has 0 amide bonds. The van der Waals surface area contributed by atoms with E-state index >= 15 is 0 Å². The summed E-state index contributed by atoms with van der Waals surface area (Å²) < 4.78 is 0. The van der Waals surface area contributed by atoms with E-state index in [-0.39, 0.29) is 16.7 Å². The standard InChI is InChI=1S/C20H26O2/c1-12(21)16-6-7-17-15-5-4-13-10-14(22)11-20(13,3)18(15)8-9-19(16,17)2/h7,10,15-16,18H,4-6,8-9,11H2,1-3H3/t15-,16-,18-,19+,20-/m1/s1. The molecule has 0 aromatic heterocycles. The summed E-state index contributed by atoms with van der Waals surface area (Å²) in [5.41, 5.74) is 3.15. The summed E-state index contributed by atoms with van der Waals surface area (Å²) in [6, 6.07) is 0. The van der Waals surface area contributed by atoms with Gasteiger partial charge in [0.25, 0.3) is 0 Å². The van der Waals surface area contributed by atoms with E-state index in [2.05, 4.69) is 19.9 Å². The van der Waals surface area contributed by atoms with Crippen molar-refractivity contribution in [3.63, 3.8) is 0 Å². The van der Waals surface area contributed by atoms with Gasteiger partial charge in [-0.25, -0.2) is 0 Å². The zero-order valence-electron chi connectivity index (χ0n) is 13.9. The molecule has 22 heavy (non-hydrogen) atoms. The molecule has 4 aliphatic carbocycles. The van der Waals surface area contributed by atoms with E-state index in [4.69, 9.17) is 0 Å². The summed E-state index contributed by atoms with van der Waals surface area (Å²) in [5, 5.41) is 0. The summed E-state index contributed by atoms with van der Waals surface area (Å²) in [6.07, 6.45) is 10.5. The van der Waals surface area contributed by atoms with Crippen molar-refractivity contribution in [2.24, 2.45) is 28.6 Å². The topological polar surface area (TPSA) is 34.1 Å². The Morgan fingerprint density at radius 2 is 2.00 bits per heavy atom. The van der Waals surface area contributed by atoms with Gasteiger partial charge in [-0.3, -0.25) is 9.59 Å². The van der Waals surface area contributed by atoms with Gasteiger partial charge >= 0.3 is 0 Å². The number of allylic oxidation sites excluding steroid dienone is 4. The maximum absolute atomic E-state index is 12.1. The monoisotopic (exact) mass is 298 g/mol. The van der Waals surface area contributed by atoms with Gasteiger partial charge < -0.3 is 0 Å². The molecule has 4 aliphatic rings. The van der Waals surface area contributed by atoms with Crippen molar-refractivity contribution >= 4 is 11.6 Å². The second-order valence-corrected chi connectivity index (χ2v) is 8.50. The molecule has 2 fully saturated rings. The lowest BCUT2D eigenvalue weighted by molar-refractivity contribution is -0.124. The largest absolute Gasteiger partial charge is 0.300 e. The second-order valence-electron chi connectivity index (χ2n) is 8.50. The molecule has 0 unspecified atom stereocenters. The Bertz CT molecular complexity index is 626. The Hall–Kier alpha value is -1.18. The normalized spacial score (nSPS) is 46.5. The highest BCUT2D eigenvalue weighted by molar-refractivity contribution is 5.94. The predicted octanol–water partition coefficient (Wildman–Crippen LogP) is 4.25. The van der Waals surface area contributed by atoms with Gasteiger partial charge in [0.05, 0.1) is 0 Å². The molecule has 0 radical (unpaired) electrons. The molecule has 0 saturated heterocycles. The zero-order valence-corrected chi connectivity index (χ0v) is 13.9. The number of Topliss-reactive ketones (excluding diaryl/α,β-unsaturated/α-hetero) is 1. The number of fused-ring (bicyclic) bond motifs is 5. The Balaban J connectivity index is 1.70. The molecule has 0 aliphatic heterocycles. The molecule has 0 aromatic carbocycles. The summed E-state index contributed by atoms with van der Waals surface area (Å²) in [5.74, 6) is 2.07. The van der Waals surface area contributed by atoms with E-state index < -0.39 is 0 Å². The molecule has 0 N–H and O–H groups in total. The van der Waals surface area contributed by atoms with Crippen LogP contribution in [0.2, 0.25) is 0 Å². The highest BCUT2D eigenvalue weighted by Crippen LogP contribution is 2.65. The fourth-order valence-corrected chi connectivity index (χ4v) is 6.36.